The summed E-state index contributed by atoms with van der Waals surface area (Å²) in [4.78, 5) is 19.2. The third-order valence-electron chi connectivity index (χ3n) is 6.40. The molecule has 0 spiro atoms. The van der Waals surface area contributed by atoms with Crippen molar-refractivity contribution in [3.05, 3.63) is 78.2 Å². The average Bonchev–Trinajstić information content (AvgIpc) is 3.29. The minimum Gasteiger partial charge on any atom is -0.495 e. The largest absolute Gasteiger partial charge is 0.495 e. The monoisotopic (exact) mass is 434 g/mol. The Bertz CT molecular complexity index is 1070. The maximum Gasteiger partial charge on any atom is 0.309 e. The summed E-state index contributed by atoms with van der Waals surface area (Å²) in [7, 11) is 5.08. The van der Waals surface area contributed by atoms with Crippen LogP contribution in [-0.2, 0) is 9.53 Å². The molecule has 4 rings (SSSR count). The topological polar surface area (TPSA) is 51.7 Å². The molecule has 0 amide bonds. The number of carbonyl (C=O) groups is 1. The second-order valence-electron chi connectivity index (χ2n) is 8.06. The molecule has 6 heteroatoms. The van der Waals surface area contributed by atoms with Gasteiger partial charge < -0.3 is 14.4 Å². The number of benzene rings is 2. The van der Waals surface area contributed by atoms with Crippen molar-refractivity contribution in [2.75, 3.05) is 26.2 Å². The van der Waals surface area contributed by atoms with E-state index >= 15 is 0 Å². The number of hydrogen-bond donors (Lipinski definition) is 0. The molecule has 0 saturated heterocycles. The van der Waals surface area contributed by atoms with Crippen molar-refractivity contribution in [1.29, 1.82) is 0 Å². The van der Waals surface area contributed by atoms with E-state index in [-0.39, 0.29) is 29.7 Å². The van der Waals surface area contributed by atoms with Crippen molar-refractivity contribution < 1.29 is 18.7 Å². The molecule has 0 aliphatic heterocycles. The van der Waals surface area contributed by atoms with Crippen LogP contribution in [0.1, 0.15) is 24.3 Å². The number of hydrogen-bond acceptors (Lipinski definition) is 5. The Balaban J connectivity index is 1.74. The number of nitrogens with zero attached hydrogens (tertiary/aromatic N) is 2. The predicted molar refractivity (Wildman–Crippen MR) is 122 cm³/mol. The highest BCUT2D eigenvalue weighted by Gasteiger charge is 2.44. The van der Waals surface area contributed by atoms with Crippen LogP contribution in [0.15, 0.2) is 66.9 Å². The molecule has 1 aromatic heterocycles. The van der Waals surface area contributed by atoms with Crippen LogP contribution < -0.4 is 9.64 Å². The van der Waals surface area contributed by atoms with E-state index < -0.39 is 0 Å². The number of ether oxygens (including phenoxy) is 2. The van der Waals surface area contributed by atoms with Crippen molar-refractivity contribution in [2.45, 2.75) is 24.8 Å². The van der Waals surface area contributed by atoms with E-state index in [1.165, 1.54) is 19.2 Å². The van der Waals surface area contributed by atoms with Crippen molar-refractivity contribution in [1.82, 2.24) is 4.98 Å². The van der Waals surface area contributed by atoms with E-state index in [4.69, 9.17) is 9.47 Å². The van der Waals surface area contributed by atoms with Gasteiger partial charge in [0.05, 0.1) is 31.5 Å². The van der Waals surface area contributed by atoms with Gasteiger partial charge in [0.1, 0.15) is 11.6 Å². The minimum absolute atomic E-state index is 0.0115. The van der Waals surface area contributed by atoms with Crippen LogP contribution in [0.5, 0.6) is 5.75 Å². The van der Waals surface area contributed by atoms with Crippen LogP contribution in [0.25, 0.3) is 11.3 Å². The maximum absolute atomic E-state index is 13.6. The summed E-state index contributed by atoms with van der Waals surface area (Å²) < 4.78 is 24.4. The fourth-order valence-corrected chi connectivity index (χ4v) is 4.80. The van der Waals surface area contributed by atoms with Gasteiger partial charge >= 0.3 is 5.97 Å². The fraction of sp³-hybridized carbons (Fsp3) is 0.308. The van der Waals surface area contributed by atoms with Gasteiger partial charge in [-0.3, -0.25) is 9.78 Å². The smallest absolute Gasteiger partial charge is 0.309 e. The first-order valence-corrected chi connectivity index (χ1v) is 10.7. The normalized spacial score (nSPS) is 20.1. The van der Waals surface area contributed by atoms with E-state index in [0.29, 0.717) is 6.42 Å². The lowest BCUT2D eigenvalue weighted by Crippen LogP contribution is -2.36. The highest BCUT2D eigenvalue weighted by molar-refractivity contribution is 5.75. The molecular formula is C26H27FN2O3. The molecule has 0 N–H and O–H groups in total. The fourth-order valence-electron chi connectivity index (χ4n) is 4.80. The number of aromatic nitrogens is 1. The number of halogens is 1. The van der Waals surface area contributed by atoms with Crippen LogP contribution >= 0.6 is 0 Å². The first-order valence-electron chi connectivity index (χ1n) is 10.7. The summed E-state index contributed by atoms with van der Waals surface area (Å²) in [6.45, 7) is 0. The summed E-state index contributed by atoms with van der Waals surface area (Å²) in [5, 5.41) is 0. The third kappa shape index (κ3) is 4.17. The second-order valence-corrected chi connectivity index (χ2v) is 8.06. The van der Waals surface area contributed by atoms with E-state index in [1.807, 2.05) is 37.4 Å². The lowest BCUT2D eigenvalue weighted by molar-refractivity contribution is -0.145. The highest BCUT2D eigenvalue weighted by Crippen LogP contribution is 2.45. The SMILES string of the molecule is COC(=O)C1CCC(N(C)c2cc(-c3ccccn3)ccc2OC)C1c1ccc(F)cc1. The molecule has 1 aliphatic rings. The second kappa shape index (κ2) is 9.39. The molecule has 0 radical (unpaired) electrons. The number of anilines is 1. The first kappa shape index (κ1) is 21.8. The Morgan fingerprint density at radius 3 is 2.50 bits per heavy atom. The van der Waals surface area contributed by atoms with Crippen LogP contribution in [-0.4, -0.2) is 38.3 Å². The Morgan fingerprint density at radius 1 is 1.06 bits per heavy atom. The quantitative estimate of drug-likeness (QED) is 0.507. The van der Waals surface area contributed by atoms with E-state index in [1.54, 1.807) is 25.4 Å². The molecule has 166 valence electrons. The molecular weight excluding hydrogens is 407 g/mol. The van der Waals surface area contributed by atoms with Crippen LogP contribution in [0.3, 0.4) is 0 Å². The molecule has 1 fully saturated rings. The molecule has 3 aromatic rings. The average molecular weight is 435 g/mol. The number of esters is 1. The van der Waals surface area contributed by atoms with Crippen molar-refractivity contribution in [3.63, 3.8) is 0 Å². The van der Waals surface area contributed by atoms with Gasteiger partial charge in [0.15, 0.2) is 0 Å². The van der Waals surface area contributed by atoms with Gasteiger partial charge in [-0.05, 0) is 60.9 Å². The lowest BCUT2D eigenvalue weighted by atomic mass is 9.85. The Hall–Kier alpha value is -3.41. The molecule has 5 nitrogen and oxygen atoms in total. The van der Waals surface area contributed by atoms with Crippen LogP contribution in [0, 0.1) is 11.7 Å². The Morgan fingerprint density at radius 2 is 1.84 bits per heavy atom. The molecule has 32 heavy (non-hydrogen) atoms. The summed E-state index contributed by atoms with van der Waals surface area (Å²) in [6.07, 6.45) is 3.27. The van der Waals surface area contributed by atoms with Gasteiger partial charge in [-0.25, -0.2) is 4.39 Å². The molecule has 1 aliphatic carbocycles. The number of carbonyl (C=O) groups excluding carboxylic acids is 1. The van der Waals surface area contributed by atoms with Crippen LogP contribution in [0.2, 0.25) is 0 Å². The zero-order valence-corrected chi connectivity index (χ0v) is 18.5. The van der Waals surface area contributed by atoms with Gasteiger partial charge in [-0.15, -0.1) is 0 Å². The van der Waals surface area contributed by atoms with Gasteiger partial charge in [0.2, 0.25) is 0 Å². The van der Waals surface area contributed by atoms with E-state index in [2.05, 4.69) is 16.0 Å². The summed E-state index contributed by atoms with van der Waals surface area (Å²) >= 11 is 0. The first-order chi connectivity index (χ1) is 15.5. The minimum atomic E-state index is -0.295. The van der Waals surface area contributed by atoms with Gasteiger partial charge in [-0.1, -0.05) is 18.2 Å². The number of rotatable bonds is 6. The predicted octanol–water partition coefficient (Wildman–Crippen LogP) is 5.07. The number of pyridine rings is 1. The number of methoxy groups -OCH3 is 2. The van der Waals surface area contributed by atoms with Gasteiger partial charge in [-0.2, -0.15) is 0 Å². The molecule has 3 atom stereocenters. The zero-order chi connectivity index (χ0) is 22.7. The van der Waals surface area contributed by atoms with Crippen LogP contribution in [0.4, 0.5) is 10.1 Å². The Labute approximate surface area is 187 Å². The van der Waals surface area contributed by atoms with Gasteiger partial charge in [0.25, 0.3) is 0 Å². The third-order valence-corrected chi connectivity index (χ3v) is 6.40. The van der Waals surface area contributed by atoms with Gasteiger partial charge in [0, 0.05) is 30.8 Å². The van der Waals surface area contributed by atoms with Crippen molar-refractivity contribution >= 4 is 11.7 Å². The maximum atomic E-state index is 13.6. The van der Waals surface area contributed by atoms with E-state index in [0.717, 1.165) is 34.7 Å². The summed E-state index contributed by atoms with van der Waals surface area (Å²) in [6, 6.07) is 18.2. The molecule has 1 heterocycles. The molecule has 2 aromatic carbocycles. The highest BCUT2D eigenvalue weighted by atomic mass is 19.1. The lowest BCUT2D eigenvalue weighted by Gasteiger charge is -2.34. The van der Waals surface area contributed by atoms with E-state index in [9.17, 15) is 9.18 Å². The van der Waals surface area contributed by atoms with Crippen molar-refractivity contribution in [3.8, 4) is 17.0 Å². The molecule has 3 unspecified atom stereocenters. The molecule has 1 saturated carbocycles. The molecule has 0 bridgehead atoms. The number of likely N-dealkylation sites (N-methyl/N-ethyl adjacent to an activating group) is 1. The zero-order valence-electron chi connectivity index (χ0n) is 18.5. The summed E-state index contributed by atoms with van der Waals surface area (Å²) in [5.41, 5.74) is 3.70. The van der Waals surface area contributed by atoms with Crippen molar-refractivity contribution in [2.24, 2.45) is 5.92 Å². The Kier molecular flexibility index (Phi) is 6.40. The standard InChI is InChI=1S/C26H27FN2O3/c1-29(23-16-18(9-14-24(23)31-2)21-6-4-5-15-28-21)22-13-12-20(26(30)32-3)25(22)17-7-10-19(27)11-8-17/h4-11,14-16,20,22,25H,12-13H2,1-3H3. The summed E-state index contributed by atoms with van der Waals surface area (Å²) in [5.74, 6) is -0.203.